The van der Waals surface area contributed by atoms with Crippen LogP contribution in [0.2, 0.25) is 5.02 Å². The van der Waals surface area contributed by atoms with E-state index in [2.05, 4.69) is 5.32 Å². The number of benzene rings is 2. The summed E-state index contributed by atoms with van der Waals surface area (Å²) >= 11 is 6.47. The molecule has 1 aromatic heterocycles. The maximum atomic E-state index is 13.1. The van der Waals surface area contributed by atoms with Gasteiger partial charge in [-0.2, -0.15) is 26.3 Å². The number of alkyl halides is 6. The highest BCUT2D eigenvalue weighted by Gasteiger charge is 2.37. The van der Waals surface area contributed by atoms with Crippen LogP contribution in [-0.4, -0.2) is 28.0 Å². The van der Waals surface area contributed by atoms with E-state index in [4.69, 9.17) is 17.3 Å². The van der Waals surface area contributed by atoms with Crippen LogP contribution in [0.3, 0.4) is 0 Å². The second kappa shape index (κ2) is 9.08. The molecule has 0 atom stereocenters. The van der Waals surface area contributed by atoms with E-state index in [-0.39, 0.29) is 36.3 Å². The molecule has 2 heterocycles. The van der Waals surface area contributed by atoms with Crippen molar-refractivity contribution in [2.75, 3.05) is 11.9 Å². The van der Waals surface area contributed by atoms with Gasteiger partial charge in [0.2, 0.25) is 0 Å². The molecule has 0 radical (unpaired) electrons. The first kappa shape index (κ1) is 25.4. The maximum absolute atomic E-state index is 13.1. The Bertz CT molecular complexity index is 1300. The number of nitrogens with one attached hydrogen (secondary N) is 1. The zero-order chi connectivity index (χ0) is 26.4. The van der Waals surface area contributed by atoms with Gasteiger partial charge in [-0.15, -0.1) is 0 Å². The van der Waals surface area contributed by atoms with E-state index in [0.29, 0.717) is 29.1 Å². The fourth-order valence-electron chi connectivity index (χ4n) is 4.06. The fourth-order valence-corrected chi connectivity index (χ4v) is 4.47. The highest BCUT2D eigenvalue weighted by atomic mass is 35.5. The van der Waals surface area contributed by atoms with Gasteiger partial charge < -0.3 is 20.5 Å². The number of urea groups is 1. The summed E-state index contributed by atoms with van der Waals surface area (Å²) < 4.78 is 80.6. The number of anilines is 1. The molecular weight excluding hydrogens is 514 g/mol. The molecule has 3 amide bonds. The number of aromatic nitrogens is 1. The quantitative estimate of drug-likeness (QED) is 0.408. The lowest BCUT2D eigenvalue weighted by Crippen LogP contribution is -2.41. The second-order valence-corrected chi connectivity index (χ2v) is 8.39. The van der Waals surface area contributed by atoms with Crippen molar-refractivity contribution < 1.29 is 35.9 Å². The first-order chi connectivity index (χ1) is 16.8. The Kier molecular flexibility index (Phi) is 6.41. The van der Waals surface area contributed by atoms with Gasteiger partial charge in [0.25, 0.3) is 5.91 Å². The molecular formula is C23H17ClF6N4O2. The largest absolute Gasteiger partial charge is 0.416 e. The van der Waals surface area contributed by atoms with Crippen LogP contribution in [0.5, 0.6) is 0 Å². The van der Waals surface area contributed by atoms with E-state index in [1.54, 1.807) is 34.9 Å². The smallest absolute Gasteiger partial charge is 0.365 e. The number of rotatable bonds is 3. The molecule has 4 rings (SSSR count). The number of carbonyl (C=O) groups is 2. The van der Waals surface area contributed by atoms with Crippen LogP contribution < -0.4 is 11.1 Å². The Labute approximate surface area is 205 Å². The molecule has 0 saturated carbocycles. The Hall–Kier alpha value is -3.67. The minimum absolute atomic E-state index is 0.0218. The lowest BCUT2D eigenvalue weighted by Gasteiger charge is -2.30. The van der Waals surface area contributed by atoms with E-state index in [9.17, 15) is 35.9 Å². The molecule has 1 aliphatic heterocycles. The van der Waals surface area contributed by atoms with Gasteiger partial charge in [0, 0.05) is 18.8 Å². The molecule has 0 spiro atoms. The van der Waals surface area contributed by atoms with Crippen molar-refractivity contribution in [3.63, 3.8) is 0 Å². The molecule has 36 heavy (non-hydrogen) atoms. The number of primary amides is 1. The van der Waals surface area contributed by atoms with Crippen molar-refractivity contribution in [1.29, 1.82) is 0 Å². The predicted molar refractivity (Wildman–Crippen MR) is 119 cm³/mol. The molecule has 13 heteroatoms. The highest BCUT2D eigenvalue weighted by molar-refractivity contribution is 6.36. The zero-order valence-corrected chi connectivity index (χ0v) is 18.9. The number of amides is 3. The third-order valence-electron chi connectivity index (χ3n) is 5.67. The van der Waals surface area contributed by atoms with Crippen LogP contribution >= 0.6 is 11.6 Å². The first-order valence-electron chi connectivity index (χ1n) is 10.4. The van der Waals surface area contributed by atoms with Gasteiger partial charge in [-0.3, -0.25) is 4.79 Å². The number of carbonyl (C=O) groups excluding carboxylic acids is 2. The van der Waals surface area contributed by atoms with Gasteiger partial charge in [0.15, 0.2) is 0 Å². The summed E-state index contributed by atoms with van der Waals surface area (Å²) in [6, 6.07) is 8.70. The van der Waals surface area contributed by atoms with Gasteiger partial charge in [0.05, 0.1) is 39.6 Å². The van der Waals surface area contributed by atoms with Crippen LogP contribution in [0.4, 0.5) is 36.8 Å². The van der Waals surface area contributed by atoms with Gasteiger partial charge in [0.1, 0.15) is 0 Å². The van der Waals surface area contributed by atoms with Gasteiger partial charge in [-0.05, 0) is 23.8 Å². The SMILES string of the molecule is NC(=O)c1c(Cl)c(-c2ccccc2)n2c1CN(C(=O)Nc1cc(C(F)(F)F)cc(C(F)(F)F)c1)CC2. The fraction of sp³-hybridized carbons (Fsp3) is 0.217. The molecule has 1 aliphatic rings. The van der Waals surface area contributed by atoms with Crippen LogP contribution in [0.25, 0.3) is 11.3 Å². The number of nitrogens with two attached hydrogens (primary N) is 1. The number of nitrogens with zero attached hydrogens (tertiary/aromatic N) is 2. The van der Waals surface area contributed by atoms with Crippen molar-refractivity contribution in [2.45, 2.75) is 25.4 Å². The topological polar surface area (TPSA) is 80.4 Å². The lowest BCUT2D eigenvalue weighted by atomic mass is 10.1. The maximum Gasteiger partial charge on any atom is 0.416 e. The third-order valence-corrected chi connectivity index (χ3v) is 6.03. The van der Waals surface area contributed by atoms with Crippen molar-refractivity contribution in [2.24, 2.45) is 5.73 Å². The second-order valence-electron chi connectivity index (χ2n) is 8.01. The minimum atomic E-state index is -5.06. The lowest BCUT2D eigenvalue weighted by molar-refractivity contribution is -0.143. The summed E-state index contributed by atoms with van der Waals surface area (Å²) in [7, 11) is 0. The molecule has 2 aromatic carbocycles. The average molecular weight is 531 g/mol. The third kappa shape index (κ3) is 4.85. The average Bonchev–Trinajstić information content (AvgIpc) is 3.09. The van der Waals surface area contributed by atoms with Gasteiger partial charge in [-0.1, -0.05) is 41.9 Å². The van der Waals surface area contributed by atoms with Crippen LogP contribution in [-0.2, 0) is 25.4 Å². The predicted octanol–water partition coefficient (Wildman–Crippen LogP) is 5.99. The number of hydrogen-bond acceptors (Lipinski definition) is 2. The summed E-state index contributed by atoms with van der Waals surface area (Å²) in [4.78, 5) is 26.1. The summed E-state index contributed by atoms with van der Waals surface area (Å²) in [5.74, 6) is -0.846. The molecule has 0 saturated heterocycles. The highest BCUT2D eigenvalue weighted by Crippen LogP contribution is 2.39. The molecule has 0 unspecified atom stereocenters. The van der Waals surface area contributed by atoms with Gasteiger partial charge >= 0.3 is 18.4 Å². The molecule has 3 aromatic rings. The number of fused-ring (bicyclic) bond motifs is 1. The first-order valence-corrected chi connectivity index (χ1v) is 10.8. The minimum Gasteiger partial charge on any atom is -0.365 e. The number of hydrogen-bond donors (Lipinski definition) is 2. The Morgan fingerprint density at radius 2 is 1.50 bits per heavy atom. The summed E-state index contributed by atoms with van der Waals surface area (Å²) in [5.41, 5.74) is 3.20. The molecule has 3 N–H and O–H groups in total. The Balaban J connectivity index is 1.66. The standard InChI is InChI=1S/C23H17ClF6N4O2/c24-18-17(20(31)35)16-11-33(6-7-34(16)19(18)12-4-2-1-3-5-12)21(36)32-15-9-13(22(25,26)27)8-14(10-15)23(28,29)30/h1-5,8-10H,6-7,11H2,(H2,31,35)(H,32,36). The van der Waals surface area contributed by atoms with Crippen molar-refractivity contribution in [1.82, 2.24) is 9.47 Å². The van der Waals surface area contributed by atoms with Crippen LogP contribution in [0, 0.1) is 0 Å². The summed E-state index contributed by atoms with van der Waals surface area (Å²) in [6.07, 6.45) is -10.1. The monoisotopic (exact) mass is 530 g/mol. The van der Waals surface area contributed by atoms with Crippen molar-refractivity contribution in [3.8, 4) is 11.3 Å². The molecule has 0 fully saturated rings. The van der Waals surface area contributed by atoms with Gasteiger partial charge in [-0.25, -0.2) is 4.79 Å². The Morgan fingerprint density at radius 3 is 2.03 bits per heavy atom. The Morgan fingerprint density at radius 1 is 0.917 bits per heavy atom. The number of halogens is 7. The van der Waals surface area contributed by atoms with E-state index in [1.807, 2.05) is 0 Å². The van der Waals surface area contributed by atoms with Crippen LogP contribution in [0.1, 0.15) is 27.2 Å². The molecule has 190 valence electrons. The van der Waals surface area contributed by atoms with Crippen molar-refractivity contribution in [3.05, 3.63) is 75.9 Å². The van der Waals surface area contributed by atoms with Crippen molar-refractivity contribution >= 4 is 29.2 Å². The van der Waals surface area contributed by atoms with E-state index in [1.165, 1.54) is 0 Å². The summed E-state index contributed by atoms with van der Waals surface area (Å²) in [5, 5.41) is 2.18. The summed E-state index contributed by atoms with van der Waals surface area (Å²) in [6.45, 7) is -0.0227. The molecule has 0 bridgehead atoms. The van der Waals surface area contributed by atoms with E-state index < -0.39 is 41.1 Å². The normalized spacial score (nSPS) is 13.9. The molecule has 0 aliphatic carbocycles. The van der Waals surface area contributed by atoms with Crippen LogP contribution in [0.15, 0.2) is 48.5 Å². The molecule has 6 nitrogen and oxygen atoms in total. The van der Waals surface area contributed by atoms with E-state index in [0.717, 1.165) is 4.90 Å². The van der Waals surface area contributed by atoms with E-state index >= 15 is 0 Å². The zero-order valence-electron chi connectivity index (χ0n) is 18.2.